The minimum Gasteiger partial charge on any atom is -0.462 e. The predicted molar refractivity (Wildman–Crippen MR) is 155 cm³/mol. The van der Waals surface area contributed by atoms with Crippen LogP contribution in [0.5, 0.6) is 5.75 Å². The molecule has 1 aliphatic rings. The number of aliphatic hydroxyl groups is 3. The second kappa shape index (κ2) is 11.9. The number of benzene rings is 4. The van der Waals surface area contributed by atoms with Crippen molar-refractivity contribution >= 4 is 11.0 Å². The van der Waals surface area contributed by atoms with E-state index in [9.17, 15) is 20.1 Å². The normalized spacial score (nSPS) is 22.6. The molecule has 1 aliphatic heterocycles. The van der Waals surface area contributed by atoms with Crippen LogP contribution in [0.2, 0.25) is 0 Å². The van der Waals surface area contributed by atoms with Gasteiger partial charge in [0.05, 0.1) is 6.61 Å². The summed E-state index contributed by atoms with van der Waals surface area (Å²) in [6.45, 7) is -0.157. The SMILES string of the molecule is O=c1ccc2ccc(O[C@@H]3O[C@H](COC(c4ccccc4)(c4ccccc4)c4ccccc4)[C@@H](O)[C@H](O)[C@H]3O)cc2o1. The standard InChI is InChI=1S/C34H30O8/c35-29-19-17-22-16-18-26(20-27(22)41-29)40-33-32(38)31(37)30(36)28(42-33)21-39-34(23-10-4-1-5-11-23,24-12-6-2-7-13-24)25-14-8-3-9-15-25/h1-20,28,30-33,36-38H,21H2/t28-,30-,31+,32-,33-/m1/s1. The first-order chi connectivity index (χ1) is 20.5. The lowest BCUT2D eigenvalue weighted by Crippen LogP contribution is -2.60. The van der Waals surface area contributed by atoms with Gasteiger partial charge >= 0.3 is 5.63 Å². The highest BCUT2D eigenvalue weighted by atomic mass is 16.7. The second-order valence-electron chi connectivity index (χ2n) is 10.2. The maximum Gasteiger partial charge on any atom is 0.336 e. The summed E-state index contributed by atoms with van der Waals surface area (Å²) in [5.74, 6) is 0.247. The predicted octanol–water partition coefficient (Wildman–Crippen LogP) is 3.99. The van der Waals surface area contributed by atoms with Crippen molar-refractivity contribution < 1.29 is 33.9 Å². The zero-order valence-corrected chi connectivity index (χ0v) is 22.5. The van der Waals surface area contributed by atoms with Crippen molar-refractivity contribution in [2.45, 2.75) is 36.3 Å². The van der Waals surface area contributed by atoms with E-state index in [0.29, 0.717) is 11.0 Å². The number of hydrogen-bond donors (Lipinski definition) is 3. The van der Waals surface area contributed by atoms with Gasteiger partial charge < -0.3 is 33.9 Å². The lowest BCUT2D eigenvalue weighted by molar-refractivity contribution is -0.283. The van der Waals surface area contributed by atoms with Crippen LogP contribution in [0.15, 0.2) is 131 Å². The van der Waals surface area contributed by atoms with E-state index in [-0.39, 0.29) is 12.4 Å². The third-order valence-corrected chi connectivity index (χ3v) is 7.52. The summed E-state index contributed by atoms with van der Waals surface area (Å²) in [6, 6.07) is 37.0. The highest BCUT2D eigenvalue weighted by Gasteiger charge is 2.47. The van der Waals surface area contributed by atoms with Crippen molar-refractivity contribution in [1.82, 2.24) is 0 Å². The molecule has 1 fully saturated rings. The van der Waals surface area contributed by atoms with Crippen LogP contribution in [0.25, 0.3) is 11.0 Å². The molecule has 2 heterocycles. The molecule has 214 valence electrons. The molecule has 6 rings (SSSR count). The third kappa shape index (κ3) is 5.34. The van der Waals surface area contributed by atoms with Crippen molar-refractivity contribution in [3.8, 4) is 5.75 Å². The Bertz CT molecular complexity index is 1580. The fourth-order valence-corrected chi connectivity index (χ4v) is 5.38. The van der Waals surface area contributed by atoms with E-state index in [1.54, 1.807) is 18.2 Å². The van der Waals surface area contributed by atoms with Gasteiger partial charge in [0.25, 0.3) is 0 Å². The van der Waals surface area contributed by atoms with E-state index in [0.717, 1.165) is 16.7 Å². The van der Waals surface area contributed by atoms with Crippen molar-refractivity contribution in [3.05, 3.63) is 148 Å². The zero-order chi connectivity index (χ0) is 29.1. The van der Waals surface area contributed by atoms with E-state index in [2.05, 4.69) is 0 Å². The van der Waals surface area contributed by atoms with Crippen LogP contribution in [-0.4, -0.2) is 52.6 Å². The maximum absolute atomic E-state index is 11.7. The average molecular weight is 567 g/mol. The molecule has 3 N–H and O–H groups in total. The molecule has 1 saturated heterocycles. The fraction of sp³-hybridized carbons (Fsp3) is 0.206. The van der Waals surface area contributed by atoms with Gasteiger partial charge in [0.1, 0.15) is 41.3 Å². The van der Waals surface area contributed by atoms with Crippen molar-refractivity contribution in [1.29, 1.82) is 0 Å². The summed E-state index contributed by atoms with van der Waals surface area (Å²) in [5.41, 5.74) is 1.28. The molecule has 1 aromatic heterocycles. The molecule has 5 aromatic rings. The lowest BCUT2D eigenvalue weighted by atomic mass is 9.80. The average Bonchev–Trinajstić information content (AvgIpc) is 3.03. The van der Waals surface area contributed by atoms with E-state index < -0.39 is 41.9 Å². The van der Waals surface area contributed by atoms with Crippen LogP contribution in [0.3, 0.4) is 0 Å². The van der Waals surface area contributed by atoms with Crippen LogP contribution in [0.4, 0.5) is 0 Å². The number of fused-ring (bicyclic) bond motifs is 1. The first-order valence-corrected chi connectivity index (χ1v) is 13.7. The second-order valence-corrected chi connectivity index (χ2v) is 10.2. The third-order valence-electron chi connectivity index (χ3n) is 7.52. The van der Waals surface area contributed by atoms with Gasteiger partial charge in [-0.05, 0) is 34.9 Å². The van der Waals surface area contributed by atoms with Crippen LogP contribution in [0.1, 0.15) is 16.7 Å². The Balaban J connectivity index is 1.32. The van der Waals surface area contributed by atoms with Gasteiger partial charge in [0, 0.05) is 17.5 Å². The van der Waals surface area contributed by atoms with Gasteiger partial charge in [-0.15, -0.1) is 0 Å². The highest BCUT2D eigenvalue weighted by molar-refractivity contribution is 5.77. The van der Waals surface area contributed by atoms with Crippen LogP contribution in [-0.2, 0) is 15.1 Å². The first kappa shape index (κ1) is 27.8. The molecule has 0 unspecified atom stereocenters. The number of ether oxygens (including phenoxy) is 3. The Hall–Kier alpha value is -4.31. The van der Waals surface area contributed by atoms with E-state index in [1.807, 2.05) is 91.0 Å². The summed E-state index contributed by atoms with van der Waals surface area (Å²) >= 11 is 0. The quantitative estimate of drug-likeness (QED) is 0.191. The molecule has 8 heteroatoms. The molecular weight excluding hydrogens is 536 g/mol. The molecule has 4 aromatic carbocycles. The summed E-state index contributed by atoms with van der Waals surface area (Å²) in [5, 5.41) is 33.2. The van der Waals surface area contributed by atoms with Gasteiger partial charge in [-0.25, -0.2) is 4.79 Å². The number of rotatable bonds is 8. The number of hydrogen-bond acceptors (Lipinski definition) is 8. The minimum absolute atomic E-state index is 0.157. The minimum atomic E-state index is -1.57. The smallest absolute Gasteiger partial charge is 0.336 e. The van der Waals surface area contributed by atoms with Crippen LogP contribution >= 0.6 is 0 Å². The van der Waals surface area contributed by atoms with Crippen molar-refractivity contribution in [3.63, 3.8) is 0 Å². The van der Waals surface area contributed by atoms with Gasteiger partial charge in [-0.3, -0.25) is 0 Å². The number of aliphatic hydroxyl groups excluding tert-OH is 3. The monoisotopic (exact) mass is 566 g/mol. The Kier molecular flexibility index (Phi) is 7.88. The van der Waals surface area contributed by atoms with Gasteiger partial charge in [0.15, 0.2) is 0 Å². The summed E-state index contributed by atoms with van der Waals surface area (Å²) in [7, 11) is 0. The first-order valence-electron chi connectivity index (χ1n) is 13.7. The van der Waals surface area contributed by atoms with Crippen molar-refractivity contribution in [2.75, 3.05) is 6.61 Å². The molecule has 0 aliphatic carbocycles. The lowest BCUT2D eigenvalue weighted by Gasteiger charge is -2.42. The summed E-state index contributed by atoms with van der Waals surface area (Å²) in [4.78, 5) is 11.7. The van der Waals surface area contributed by atoms with E-state index in [1.165, 1.54) is 12.1 Å². The van der Waals surface area contributed by atoms with Gasteiger partial charge in [-0.2, -0.15) is 0 Å². The Morgan fingerprint density at radius 1 is 0.667 bits per heavy atom. The Morgan fingerprint density at radius 2 is 1.21 bits per heavy atom. The molecule has 42 heavy (non-hydrogen) atoms. The van der Waals surface area contributed by atoms with E-state index in [4.69, 9.17) is 18.6 Å². The molecule has 0 amide bonds. The Morgan fingerprint density at radius 3 is 1.79 bits per heavy atom. The van der Waals surface area contributed by atoms with Crippen LogP contribution in [0, 0.1) is 0 Å². The molecule has 5 atom stereocenters. The van der Waals surface area contributed by atoms with E-state index >= 15 is 0 Å². The van der Waals surface area contributed by atoms with Gasteiger partial charge in [-0.1, -0.05) is 91.0 Å². The zero-order valence-electron chi connectivity index (χ0n) is 22.5. The topological polar surface area (TPSA) is 119 Å². The molecule has 0 bridgehead atoms. The summed E-state index contributed by atoms with van der Waals surface area (Å²) in [6.07, 6.45) is -7.01. The van der Waals surface area contributed by atoms with Gasteiger partial charge in [0.2, 0.25) is 6.29 Å². The van der Waals surface area contributed by atoms with Crippen molar-refractivity contribution in [2.24, 2.45) is 0 Å². The summed E-state index contributed by atoms with van der Waals surface area (Å²) < 4.78 is 23.9. The highest BCUT2D eigenvalue weighted by Crippen LogP contribution is 2.41. The fourth-order valence-electron chi connectivity index (χ4n) is 5.38. The molecule has 0 radical (unpaired) electrons. The molecule has 0 saturated carbocycles. The Labute approximate surface area is 242 Å². The molecule has 0 spiro atoms. The largest absolute Gasteiger partial charge is 0.462 e. The maximum atomic E-state index is 11.7. The van der Waals surface area contributed by atoms with Crippen LogP contribution < -0.4 is 10.4 Å². The molecule has 8 nitrogen and oxygen atoms in total. The molecular formula is C34H30O8.